The minimum Gasteiger partial charge on any atom is -0.456 e. The zero-order valence-corrected chi connectivity index (χ0v) is 24.9. The molecule has 0 fully saturated rings. The molecule has 0 atom stereocenters. The fourth-order valence-corrected chi connectivity index (χ4v) is 8.54. The maximum absolute atomic E-state index is 6.50. The van der Waals surface area contributed by atoms with Gasteiger partial charge in [0, 0.05) is 38.1 Å². The summed E-state index contributed by atoms with van der Waals surface area (Å²) in [5.41, 5.74) is 13.7. The Kier molecular flexibility index (Phi) is 4.63. The zero-order chi connectivity index (χ0) is 29.3. The van der Waals surface area contributed by atoms with Gasteiger partial charge in [0.05, 0.1) is 0 Å². The lowest BCUT2D eigenvalue weighted by atomic mass is 9.45. The van der Waals surface area contributed by atoms with Crippen LogP contribution in [-0.2, 0) is 0 Å². The van der Waals surface area contributed by atoms with Crippen LogP contribution in [-0.4, -0.2) is 11.3 Å². The molecule has 0 saturated heterocycles. The van der Waals surface area contributed by atoms with E-state index in [-0.39, 0.29) is 6.85 Å². The van der Waals surface area contributed by atoms with Gasteiger partial charge < -0.3 is 8.90 Å². The molecule has 3 heteroatoms. The molecule has 0 aliphatic carbocycles. The van der Waals surface area contributed by atoms with Crippen LogP contribution in [0, 0.1) is 20.8 Å². The van der Waals surface area contributed by atoms with Crippen molar-refractivity contribution < 1.29 is 4.42 Å². The number of hydrogen-bond donors (Lipinski definition) is 0. The summed E-state index contributed by atoms with van der Waals surface area (Å²) in [6, 6.07) is 42.6. The molecule has 0 radical (unpaired) electrons. The van der Waals surface area contributed by atoms with Crippen LogP contribution < -0.4 is 10.9 Å². The molecule has 10 rings (SSSR count). The second-order valence-corrected chi connectivity index (χ2v) is 12.6. The van der Waals surface area contributed by atoms with Crippen molar-refractivity contribution in [2.75, 3.05) is 0 Å². The number of benzene rings is 7. The Morgan fingerprint density at radius 2 is 1.25 bits per heavy atom. The third-order valence-corrected chi connectivity index (χ3v) is 10.1. The van der Waals surface area contributed by atoms with E-state index in [1.165, 1.54) is 92.9 Å². The normalized spacial score (nSPS) is 12.8. The van der Waals surface area contributed by atoms with E-state index in [9.17, 15) is 0 Å². The predicted molar refractivity (Wildman–Crippen MR) is 188 cm³/mol. The van der Waals surface area contributed by atoms with Crippen LogP contribution in [0.1, 0.15) is 16.7 Å². The van der Waals surface area contributed by atoms with E-state index in [2.05, 4.69) is 141 Å². The third kappa shape index (κ3) is 2.97. The number of para-hydroxylation sites is 1. The third-order valence-electron chi connectivity index (χ3n) is 10.1. The van der Waals surface area contributed by atoms with Gasteiger partial charge in [-0.2, -0.15) is 0 Å². The van der Waals surface area contributed by atoms with Crippen LogP contribution in [0.3, 0.4) is 0 Å². The van der Waals surface area contributed by atoms with E-state index in [0.717, 1.165) is 11.2 Å². The summed E-state index contributed by atoms with van der Waals surface area (Å²) in [6.45, 7) is 6.79. The summed E-state index contributed by atoms with van der Waals surface area (Å²) in [6.07, 6.45) is 0. The van der Waals surface area contributed by atoms with E-state index >= 15 is 0 Å². The molecule has 2 aromatic heterocycles. The Bertz CT molecular complexity index is 2680. The van der Waals surface area contributed by atoms with E-state index in [4.69, 9.17) is 4.42 Å². The van der Waals surface area contributed by atoms with E-state index < -0.39 is 0 Å². The number of rotatable bonds is 1. The van der Waals surface area contributed by atoms with E-state index in [1.807, 2.05) is 0 Å². The SMILES string of the molecule is Cc1cc(C)c(B2c3ccc4oc5ccccc5c4c3-c3cc4ccccc4c4c5c6ccccc6ccc5n2c34)c(C)c1. The van der Waals surface area contributed by atoms with Crippen molar-refractivity contribution in [1.82, 2.24) is 4.48 Å². The van der Waals surface area contributed by atoms with Gasteiger partial charge in [0.15, 0.2) is 0 Å². The van der Waals surface area contributed by atoms with Gasteiger partial charge in [-0.3, -0.25) is 0 Å². The zero-order valence-electron chi connectivity index (χ0n) is 24.9. The Balaban J connectivity index is 1.53. The first kappa shape index (κ1) is 24.2. The average molecular weight is 561 g/mol. The summed E-state index contributed by atoms with van der Waals surface area (Å²) < 4.78 is 9.17. The molecule has 1 aliphatic heterocycles. The summed E-state index contributed by atoms with van der Waals surface area (Å²) in [5, 5.41) is 10.2. The highest BCUT2D eigenvalue weighted by Gasteiger charge is 2.38. The number of aromatic nitrogens is 1. The average Bonchev–Trinajstić information content (AvgIpc) is 3.59. The molecule has 0 unspecified atom stereocenters. The van der Waals surface area contributed by atoms with Crippen LogP contribution in [0.15, 0.2) is 120 Å². The summed E-state index contributed by atoms with van der Waals surface area (Å²) in [5.74, 6) is 0. The van der Waals surface area contributed by atoms with Crippen molar-refractivity contribution in [1.29, 1.82) is 0 Å². The molecule has 2 nitrogen and oxygen atoms in total. The molecule has 0 N–H and O–H groups in total. The van der Waals surface area contributed by atoms with Crippen LogP contribution in [0.2, 0.25) is 0 Å². The van der Waals surface area contributed by atoms with Gasteiger partial charge in [-0.05, 0) is 83.1 Å². The molecule has 0 bridgehead atoms. The number of aryl methyl sites for hydroxylation is 3. The summed E-state index contributed by atoms with van der Waals surface area (Å²) >= 11 is 0. The molecule has 0 amide bonds. The molecule has 0 saturated carbocycles. The van der Waals surface area contributed by atoms with Crippen LogP contribution >= 0.6 is 0 Å². The highest BCUT2D eigenvalue weighted by Crippen LogP contribution is 2.48. The van der Waals surface area contributed by atoms with Crippen LogP contribution in [0.25, 0.3) is 76.4 Å². The Labute approximate surface area is 255 Å². The standard InChI is InChI=1S/C41H28BNO/c1-23-20-24(2)40(25(3)21-23)42-32-17-19-35-38(30-14-8-9-15-34(30)44-35)36(32)31-22-27-11-5-7-13-29(27)39-37-28-12-6-4-10-26(28)16-18-33(37)43(42)41(31)39/h4-22H,1-3H3. The lowest BCUT2D eigenvalue weighted by molar-refractivity contribution is 0.669. The largest absolute Gasteiger partial charge is 0.456 e. The fraction of sp³-hybridized carbons (Fsp3) is 0.0732. The molecule has 44 heavy (non-hydrogen) atoms. The lowest BCUT2D eigenvalue weighted by Crippen LogP contribution is -2.53. The van der Waals surface area contributed by atoms with Gasteiger partial charge in [0.1, 0.15) is 11.2 Å². The van der Waals surface area contributed by atoms with Gasteiger partial charge in [0.25, 0.3) is 0 Å². The molecule has 206 valence electrons. The minimum atomic E-state index is 0.0125. The van der Waals surface area contributed by atoms with E-state index in [1.54, 1.807) is 0 Å². The lowest BCUT2D eigenvalue weighted by Gasteiger charge is -2.30. The molecular formula is C41H28BNO. The number of furan rings is 1. The quantitative estimate of drug-likeness (QED) is 0.183. The number of nitrogens with zero attached hydrogens (tertiary/aromatic N) is 1. The monoisotopic (exact) mass is 561 g/mol. The first-order chi connectivity index (χ1) is 21.6. The van der Waals surface area contributed by atoms with Crippen molar-refractivity contribution in [3.63, 3.8) is 0 Å². The molecule has 3 heterocycles. The smallest absolute Gasteiger partial charge is 0.329 e. The van der Waals surface area contributed by atoms with Gasteiger partial charge >= 0.3 is 6.85 Å². The first-order valence-corrected chi connectivity index (χ1v) is 15.5. The fourth-order valence-electron chi connectivity index (χ4n) is 8.54. The maximum Gasteiger partial charge on any atom is 0.329 e. The van der Waals surface area contributed by atoms with E-state index in [0.29, 0.717) is 0 Å². The Morgan fingerprint density at radius 3 is 2.05 bits per heavy atom. The number of fused-ring (bicyclic) bond motifs is 13. The minimum absolute atomic E-state index is 0.0125. The van der Waals surface area contributed by atoms with Crippen LogP contribution in [0.5, 0.6) is 0 Å². The summed E-state index contributed by atoms with van der Waals surface area (Å²) in [7, 11) is 0. The Morgan fingerprint density at radius 1 is 0.568 bits per heavy atom. The highest BCUT2D eigenvalue weighted by molar-refractivity contribution is 6.88. The first-order valence-electron chi connectivity index (χ1n) is 15.5. The second-order valence-electron chi connectivity index (χ2n) is 12.6. The molecule has 9 aromatic rings. The molecule has 0 spiro atoms. The predicted octanol–water partition coefficient (Wildman–Crippen LogP) is 9.56. The van der Waals surface area contributed by atoms with Crippen molar-refractivity contribution in [3.8, 4) is 11.1 Å². The van der Waals surface area contributed by atoms with Crippen molar-refractivity contribution in [2.45, 2.75) is 20.8 Å². The maximum atomic E-state index is 6.50. The molecular weight excluding hydrogens is 533 g/mol. The van der Waals surface area contributed by atoms with Gasteiger partial charge in [-0.1, -0.05) is 108 Å². The van der Waals surface area contributed by atoms with Gasteiger partial charge in [-0.25, -0.2) is 0 Å². The topological polar surface area (TPSA) is 18.1 Å². The highest BCUT2D eigenvalue weighted by atomic mass is 16.3. The Hall–Kier alpha value is -5.28. The van der Waals surface area contributed by atoms with Crippen LogP contribution in [0.4, 0.5) is 0 Å². The van der Waals surface area contributed by atoms with Crippen molar-refractivity contribution >= 4 is 83.1 Å². The molecule has 7 aromatic carbocycles. The van der Waals surface area contributed by atoms with Gasteiger partial charge in [-0.15, -0.1) is 0 Å². The number of hydrogen-bond acceptors (Lipinski definition) is 1. The van der Waals surface area contributed by atoms with Crippen molar-refractivity contribution in [2.24, 2.45) is 0 Å². The summed E-state index contributed by atoms with van der Waals surface area (Å²) in [4.78, 5) is 0. The molecule has 1 aliphatic rings. The van der Waals surface area contributed by atoms with Gasteiger partial charge in [0.2, 0.25) is 0 Å². The van der Waals surface area contributed by atoms with Crippen molar-refractivity contribution in [3.05, 3.63) is 132 Å². The second kappa shape index (κ2) is 8.42.